The fourth-order valence-corrected chi connectivity index (χ4v) is 2.22. The summed E-state index contributed by atoms with van der Waals surface area (Å²) in [7, 11) is 0. The van der Waals surface area contributed by atoms with E-state index in [0.717, 1.165) is 17.0 Å². The summed E-state index contributed by atoms with van der Waals surface area (Å²) in [6, 6.07) is 8.37. The van der Waals surface area contributed by atoms with Crippen molar-refractivity contribution in [3.8, 4) is 0 Å². The van der Waals surface area contributed by atoms with Crippen LogP contribution < -0.4 is 5.32 Å². The van der Waals surface area contributed by atoms with Crippen molar-refractivity contribution in [3.05, 3.63) is 57.2 Å². The molecule has 0 saturated carbocycles. The highest BCUT2D eigenvalue weighted by Crippen LogP contribution is 2.23. The minimum absolute atomic E-state index is 0.0325. The number of nitro groups is 1. The lowest BCUT2D eigenvalue weighted by atomic mass is 10.3. The van der Waals surface area contributed by atoms with Gasteiger partial charge in [-0.3, -0.25) is 19.9 Å². The zero-order chi connectivity index (χ0) is 13.7. The minimum Gasteiger partial charge on any atom is -0.351 e. The van der Waals surface area contributed by atoms with E-state index in [1.165, 1.54) is 12.1 Å². The molecule has 1 amide bonds. The maximum Gasteiger partial charge on any atom is 0.324 e. The standard InChI is InChI=1S/C12H11N3O3S/c16-12(10-4-5-11(19-10)15(17)18)14-8-6-9-3-1-2-7-13-9/h1-5,7H,6,8H2,(H,14,16). The molecule has 7 heteroatoms. The van der Waals surface area contributed by atoms with Gasteiger partial charge in [0, 0.05) is 30.9 Å². The van der Waals surface area contributed by atoms with Gasteiger partial charge >= 0.3 is 5.00 Å². The molecule has 0 radical (unpaired) electrons. The van der Waals surface area contributed by atoms with Crippen LogP contribution in [0.3, 0.4) is 0 Å². The van der Waals surface area contributed by atoms with Gasteiger partial charge in [0.15, 0.2) is 0 Å². The lowest BCUT2D eigenvalue weighted by Crippen LogP contribution is -2.25. The smallest absolute Gasteiger partial charge is 0.324 e. The largest absolute Gasteiger partial charge is 0.351 e. The Labute approximate surface area is 113 Å². The number of aromatic nitrogens is 1. The van der Waals surface area contributed by atoms with Gasteiger partial charge in [-0.15, -0.1) is 0 Å². The van der Waals surface area contributed by atoms with Crippen LogP contribution in [0.15, 0.2) is 36.5 Å². The predicted octanol–water partition coefficient (Wildman–Crippen LogP) is 2.02. The molecule has 2 aromatic heterocycles. The molecule has 98 valence electrons. The number of thiophene rings is 1. The topological polar surface area (TPSA) is 85.1 Å². The fraction of sp³-hybridized carbons (Fsp3) is 0.167. The highest BCUT2D eigenvalue weighted by atomic mass is 32.1. The van der Waals surface area contributed by atoms with Crippen molar-refractivity contribution in [3.63, 3.8) is 0 Å². The van der Waals surface area contributed by atoms with E-state index in [0.29, 0.717) is 17.8 Å². The summed E-state index contributed by atoms with van der Waals surface area (Å²) in [6.45, 7) is 0.446. The van der Waals surface area contributed by atoms with Crippen LogP contribution in [0.1, 0.15) is 15.4 Å². The van der Waals surface area contributed by atoms with Crippen molar-refractivity contribution < 1.29 is 9.72 Å². The molecule has 0 aliphatic heterocycles. The highest BCUT2D eigenvalue weighted by Gasteiger charge is 2.14. The zero-order valence-corrected chi connectivity index (χ0v) is 10.7. The van der Waals surface area contributed by atoms with Crippen molar-refractivity contribution in [2.45, 2.75) is 6.42 Å². The van der Waals surface area contributed by atoms with E-state index in [2.05, 4.69) is 10.3 Å². The Morgan fingerprint density at radius 2 is 2.21 bits per heavy atom. The molecular weight excluding hydrogens is 266 g/mol. The number of nitrogens with one attached hydrogen (secondary N) is 1. The number of carbonyl (C=O) groups is 1. The minimum atomic E-state index is -0.505. The Hall–Kier alpha value is -2.28. The molecule has 0 fully saturated rings. The first kappa shape index (κ1) is 13.2. The van der Waals surface area contributed by atoms with Crippen molar-refractivity contribution in [1.82, 2.24) is 10.3 Å². The number of hydrogen-bond donors (Lipinski definition) is 1. The maximum absolute atomic E-state index is 11.7. The molecule has 0 bridgehead atoms. The van der Waals surface area contributed by atoms with E-state index in [1.54, 1.807) is 6.20 Å². The van der Waals surface area contributed by atoms with Crippen molar-refractivity contribution in [2.75, 3.05) is 6.54 Å². The van der Waals surface area contributed by atoms with Crippen LogP contribution in [0.2, 0.25) is 0 Å². The third-order valence-corrected chi connectivity index (χ3v) is 3.42. The van der Waals surface area contributed by atoms with Crippen molar-refractivity contribution in [1.29, 1.82) is 0 Å². The summed E-state index contributed by atoms with van der Waals surface area (Å²) < 4.78 is 0. The van der Waals surface area contributed by atoms with Crippen LogP contribution in [-0.2, 0) is 6.42 Å². The van der Waals surface area contributed by atoms with Crippen LogP contribution in [0.5, 0.6) is 0 Å². The number of hydrogen-bond acceptors (Lipinski definition) is 5. The zero-order valence-electron chi connectivity index (χ0n) is 9.91. The Morgan fingerprint density at radius 3 is 2.84 bits per heavy atom. The molecule has 0 aliphatic carbocycles. The van der Waals surface area contributed by atoms with Crippen LogP contribution >= 0.6 is 11.3 Å². The van der Waals surface area contributed by atoms with E-state index >= 15 is 0 Å². The van der Waals surface area contributed by atoms with Crippen LogP contribution in [-0.4, -0.2) is 22.4 Å². The third kappa shape index (κ3) is 3.59. The molecule has 2 heterocycles. The lowest BCUT2D eigenvalue weighted by Gasteiger charge is -2.02. The van der Waals surface area contributed by atoms with Crippen LogP contribution in [0.4, 0.5) is 5.00 Å². The second-order valence-corrected chi connectivity index (χ2v) is 4.78. The predicted molar refractivity (Wildman–Crippen MR) is 71.2 cm³/mol. The number of amides is 1. The van der Waals surface area contributed by atoms with Gasteiger partial charge in [-0.05, 0) is 18.2 Å². The third-order valence-electron chi connectivity index (χ3n) is 2.39. The summed E-state index contributed by atoms with van der Waals surface area (Å²) in [5, 5.41) is 13.2. The van der Waals surface area contributed by atoms with Gasteiger partial charge in [-0.25, -0.2) is 0 Å². The number of carbonyl (C=O) groups excluding carboxylic acids is 1. The lowest BCUT2D eigenvalue weighted by molar-refractivity contribution is -0.380. The monoisotopic (exact) mass is 277 g/mol. The van der Waals surface area contributed by atoms with E-state index < -0.39 is 4.92 Å². The Morgan fingerprint density at radius 1 is 1.37 bits per heavy atom. The average Bonchev–Trinajstić information content (AvgIpc) is 2.89. The van der Waals surface area contributed by atoms with Gasteiger partial charge in [0.1, 0.15) is 0 Å². The first-order valence-corrected chi connectivity index (χ1v) is 6.41. The molecule has 0 unspecified atom stereocenters. The second kappa shape index (κ2) is 6.05. The summed E-state index contributed by atoms with van der Waals surface area (Å²) in [6.07, 6.45) is 2.32. The molecular formula is C12H11N3O3S. The number of rotatable bonds is 5. The molecule has 2 aromatic rings. The Bertz CT molecular complexity index is 583. The van der Waals surface area contributed by atoms with Gasteiger partial charge < -0.3 is 5.32 Å². The summed E-state index contributed by atoms with van der Waals surface area (Å²) in [5.41, 5.74) is 0.889. The molecule has 6 nitrogen and oxygen atoms in total. The molecule has 0 saturated heterocycles. The molecule has 1 N–H and O–H groups in total. The quantitative estimate of drug-likeness (QED) is 0.669. The molecule has 2 rings (SSSR count). The van der Waals surface area contributed by atoms with E-state index in [1.807, 2.05) is 18.2 Å². The van der Waals surface area contributed by atoms with E-state index in [-0.39, 0.29) is 10.9 Å². The summed E-state index contributed by atoms with van der Waals surface area (Å²) in [4.78, 5) is 26.2. The van der Waals surface area contributed by atoms with Crippen LogP contribution in [0, 0.1) is 10.1 Å². The second-order valence-electron chi connectivity index (χ2n) is 3.72. The molecule has 19 heavy (non-hydrogen) atoms. The first-order chi connectivity index (χ1) is 9.16. The normalized spacial score (nSPS) is 10.1. The number of nitrogens with zero attached hydrogens (tertiary/aromatic N) is 2. The van der Waals surface area contributed by atoms with Crippen molar-refractivity contribution in [2.24, 2.45) is 0 Å². The molecule has 0 atom stereocenters. The molecule has 0 aromatic carbocycles. The summed E-state index contributed by atoms with van der Waals surface area (Å²) in [5.74, 6) is -0.297. The number of pyridine rings is 1. The molecule has 0 spiro atoms. The maximum atomic E-state index is 11.7. The van der Waals surface area contributed by atoms with E-state index in [4.69, 9.17) is 0 Å². The van der Waals surface area contributed by atoms with Gasteiger partial charge in [0.25, 0.3) is 5.91 Å². The summed E-state index contributed by atoms with van der Waals surface area (Å²) >= 11 is 0.869. The van der Waals surface area contributed by atoms with Gasteiger partial charge in [-0.2, -0.15) is 0 Å². The van der Waals surface area contributed by atoms with Crippen molar-refractivity contribution >= 4 is 22.2 Å². The van der Waals surface area contributed by atoms with Gasteiger partial charge in [0.2, 0.25) is 0 Å². The Balaban J connectivity index is 1.85. The molecule has 0 aliphatic rings. The van der Waals surface area contributed by atoms with E-state index in [9.17, 15) is 14.9 Å². The Kier molecular flexibility index (Phi) is 4.19. The fourth-order valence-electron chi connectivity index (χ4n) is 1.49. The van der Waals surface area contributed by atoms with Crippen LogP contribution in [0.25, 0.3) is 0 Å². The SMILES string of the molecule is O=C(NCCc1ccccn1)c1ccc([N+](=O)[O-])s1. The first-order valence-electron chi connectivity index (χ1n) is 5.59. The van der Waals surface area contributed by atoms with Gasteiger partial charge in [-0.1, -0.05) is 17.4 Å². The van der Waals surface area contributed by atoms with Gasteiger partial charge in [0.05, 0.1) is 9.80 Å². The highest BCUT2D eigenvalue weighted by molar-refractivity contribution is 7.17. The average molecular weight is 277 g/mol.